The van der Waals surface area contributed by atoms with E-state index in [1.54, 1.807) is 7.11 Å². The van der Waals surface area contributed by atoms with Gasteiger partial charge in [-0.15, -0.1) is 0 Å². The Balaban J connectivity index is 2.54. The van der Waals surface area contributed by atoms with Crippen LogP contribution < -0.4 is 5.32 Å². The fraction of sp³-hybridized carbons (Fsp3) is 1.00. The number of hydrogen-bond acceptors (Lipinski definition) is 3. The molecule has 0 saturated carbocycles. The highest BCUT2D eigenvalue weighted by atomic mass is 16.5. The molecule has 1 aliphatic rings. The van der Waals surface area contributed by atoms with Gasteiger partial charge in [0.15, 0.2) is 0 Å². The molecule has 2 atom stereocenters. The molecule has 0 aromatic carbocycles. The molecule has 0 aromatic rings. The highest BCUT2D eigenvalue weighted by Crippen LogP contribution is 2.24. The molecule has 16 heavy (non-hydrogen) atoms. The Morgan fingerprint density at radius 1 is 1.38 bits per heavy atom. The third-order valence-electron chi connectivity index (χ3n) is 3.63. The Hall–Kier alpha value is -0.120. The van der Waals surface area contributed by atoms with E-state index < -0.39 is 0 Å². The molecule has 1 N–H and O–H groups in total. The van der Waals surface area contributed by atoms with Crippen LogP contribution in [0.15, 0.2) is 0 Å². The first-order chi connectivity index (χ1) is 7.49. The maximum Gasteiger partial charge on any atom is 0.0589 e. The summed E-state index contributed by atoms with van der Waals surface area (Å²) < 4.78 is 5.20. The third kappa shape index (κ3) is 3.72. The van der Waals surface area contributed by atoms with Crippen LogP contribution in [0.1, 0.15) is 34.1 Å². The van der Waals surface area contributed by atoms with E-state index in [1.165, 1.54) is 6.42 Å². The molecule has 0 aliphatic carbocycles. The zero-order valence-corrected chi connectivity index (χ0v) is 11.5. The first kappa shape index (κ1) is 13.9. The average molecular weight is 228 g/mol. The summed E-state index contributed by atoms with van der Waals surface area (Å²) in [6.45, 7) is 13.4. The molecular weight excluding hydrogens is 200 g/mol. The fourth-order valence-electron chi connectivity index (χ4n) is 2.32. The summed E-state index contributed by atoms with van der Waals surface area (Å²) in [7, 11) is 1.78. The molecule has 1 heterocycles. The van der Waals surface area contributed by atoms with Crippen molar-refractivity contribution in [1.82, 2.24) is 10.2 Å². The van der Waals surface area contributed by atoms with Crippen LogP contribution in [0.4, 0.5) is 0 Å². The Morgan fingerprint density at radius 2 is 2.06 bits per heavy atom. The van der Waals surface area contributed by atoms with Gasteiger partial charge in [-0.3, -0.25) is 4.90 Å². The second-order valence-electron chi connectivity index (χ2n) is 5.88. The number of ether oxygens (including phenoxy) is 1. The van der Waals surface area contributed by atoms with Crippen molar-refractivity contribution in [2.45, 2.75) is 46.2 Å². The van der Waals surface area contributed by atoms with Gasteiger partial charge in [-0.05, 0) is 11.8 Å². The van der Waals surface area contributed by atoms with Crippen molar-refractivity contribution < 1.29 is 4.74 Å². The molecule has 3 nitrogen and oxygen atoms in total. The van der Waals surface area contributed by atoms with Gasteiger partial charge in [0.25, 0.3) is 0 Å². The summed E-state index contributed by atoms with van der Waals surface area (Å²) in [4.78, 5) is 2.58. The highest BCUT2D eigenvalue weighted by molar-refractivity contribution is 4.91. The molecule has 0 spiro atoms. The molecular formula is C13H28N2O. The quantitative estimate of drug-likeness (QED) is 0.793. The SMILES string of the molecule is CCC1CNC(C(C)(C)C)CN1CCOC. The molecule has 96 valence electrons. The van der Waals surface area contributed by atoms with E-state index in [0.29, 0.717) is 17.5 Å². The summed E-state index contributed by atoms with van der Waals surface area (Å²) in [5.74, 6) is 0. The van der Waals surface area contributed by atoms with Gasteiger partial charge in [0, 0.05) is 38.8 Å². The molecule has 2 unspecified atom stereocenters. The van der Waals surface area contributed by atoms with Crippen LogP contribution >= 0.6 is 0 Å². The largest absolute Gasteiger partial charge is 0.383 e. The smallest absolute Gasteiger partial charge is 0.0589 e. The van der Waals surface area contributed by atoms with Crippen LogP contribution in [0.3, 0.4) is 0 Å². The molecule has 0 radical (unpaired) electrons. The number of methoxy groups -OCH3 is 1. The van der Waals surface area contributed by atoms with Crippen molar-refractivity contribution >= 4 is 0 Å². The minimum atomic E-state index is 0.337. The van der Waals surface area contributed by atoms with Gasteiger partial charge in [0.2, 0.25) is 0 Å². The normalized spacial score (nSPS) is 28.3. The van der Waals surface area contributed by atoms with Crippen LogP contribution in [0.5, 0.6) is 0 Å². The number of rotatable bonds is 4. The van der Waals surface area contributed by atoms with Crippen molar-refractivity contribution in [3.05, 3.63) is 0 Å². The minimum absolute atomic E-state index is 0.337. The summed E-state index contributed by atoms with van der Waals surface area (Å²) in [5.41, 5.74) is 0.337. The summed E-state index contributed by atoms with van der Waals surface area (Å²) in [6.07, 6.45) is 1.22. The maximum atomic E-state index is 5.20. The van der Waals surface area contributed by atoms with E-state index in [4.69, 9.17) is 4.74 Å². The van der Waals surface area contributed by atoms with E-state index in [9.17, 15) is 0 Å². The number of nitrogens with zero attached hydrogens (tertiary/aromatic N) is 1. The van der Waals surface area contributed by atoms with Crippen molar-refractivity contribution in [2.24, 2.45) is 5.41 Å². The van der Waals surface area contributed by atoms with E-state index in [1.807, 2.05) is 0 Å². The van der Waals surface area contributed by atoms with Crippen molar-refractivity contribution in [3.63, 3.8) is 0 Å². The Kier molecular flexibility index (Phi) is 5.22. The molecule has 1 rings (SSSR count). The molecule has 1 aliphatic heterocycles. The van der Waals surface area contributed by atoms with Gasteiger partial charge in [0.1, 0.15) is 0 Å². The van der Waals surface area contributed by atoms with Gasteiger partial charge >= 0.3 is 0 Å². The van der Waals surface area contributed by atoms with Crippen molar-refractivity contribution in [2.75, 3.05) is 33.4 Å². The third-order valence-corrected chi connectivity index (χ3v) is 3.63. The second kappa shape index (κ2) is 5.99. The fourth-order valence-corrected chi connectivity index (χ4v) is 2.32. The van der Waals surface area contributed by atoms with Gasteiger partial charge < -0.3 is 10.1 Å². The predicted molar refractivity (Wildman–Crippen MR) is 68.8 cm³/mol. The summed E-state index contributed by atoms with van der Waals surface area (Å²) in [6, 6.07) is 1.26. The van der Waals surface area contributed by atoms with E-state index >= 15 is 0 Å². The highest BCUT2D eigenvalue weighted by Gasteiger charge is 2.32. The molecule has 3 heteroatoms. The molecule has 0 bridgehead atoms. The van der Waals surface area contributed by atoms with E-state index in [-0.39, 0.29) is 0 Å². The topological polar surface area (TPSA) is 24.5 Å². The van der Waals surface area contributed by atoms with Gasteiger partial charge in [-0.25, -0.2) is 0 Å². The van der Waals surface area contributed by atoms with Crippen LogP contribution in [0.25, 0.3) is 0 Å². The number of nitrogens with one attached hydrogen (secondary N) is 1. The molecule has 0 aromatic heterocycles. The zero-order valence-electron chi connectivity index (χ0n) is 11.5. The van der Waals surface area contributed by atoms with Gasteiger partial charge in [-0.2, -0.15) is 0 Å². The van der Waals surface area contributed by atoms with Crippen LogP contribution in [-0.2, 0) is 4.74 Å². The van der Waals surface area contributed by atoms with E-state index in [2.05, 4.69) is 37.9 Å². The number of piperazine rings is 1. The Bertz CT molecular complexity index is 201. The maximum absolute atomic E-state index is 5.20. The number of hydrogen-bond donors (Lipinski definition) is 1. The molecule has 1 saturated heterocycles. The van der Waals surface area contributed by atoms with Crippen LogP contribution in [-0.4, -0.2) is 50.3 Å². The average Bonchev–Trinajstić information content (AvgIpc) is 2.24. The standard InChI is InChI=1S/C13H28N2O/c1-6-11-9-14-12(13(2,3)4)10-15(11)7-8-16-5/h11-12,14H,6-10H2,1-5H3. The monoisotopic (exact) mass is 228 g/mol. The van der Waals surface area contributed by atoms with Crippen molar-refractivity contribution in [1.29, 1.82) is 0 Å². The summed E-state index contributed by atoms with van der Waals surface area (Å²) >= 11 is 0. The second-order valence-corrected chi connectivity index (χ2v) is 5.88. The zero-order chi connectivity index (χ0) is 12.2. The predicted octanol–water partition coefficient (Wildman–Crippen LogP) is 1.73. The first-order valence-corrected chi connectivity index (χ1v) is 6.45. The lowest BCUT2D eigenvalue weighted by molar-refractivity contribution is 0.0582. The molecule has 0 amide bonds. The first-order valence-electron chi connectivity index (χ1n) is 6.45. The van der Waals surface area contributed by atoms with Crippen LogP contribution in [0.2, 0.25) is 0 Å². The van der Waals surface area contributed by atoms with Gasteiger partial charge in [0.05, 0.1) is 6.61 Å². The molecule has 1 fully saturated rings. The van der Waals surface area contributed by atoms with E-state index in [0.717, 1.165) is 26.2 Å². The lowest BCUT2D eigenvalue weighted by Gasteiger charge is -2.44. The Morgan fingerprint density at radius 3 is 2.56 bits per heavy atom. The lowest BCUT2D eigenvalue weighted by Crippen LogP contribution is -2.60. The lowest BCUT2D eigenvalue weighted by atomic mass is 9.84. The van der Waals surface area contributed by atoms with Crippen LogP contribution in [0, 0.1) is 5.41 Å². The van der Waals surface area contributed by atoms with Crippen molar-refractivity contribution in [3.8, 4) is 0 Å². The summed E-state index contributed by atoms with van der Waals surface area (Å²) in [5, 5.41) is 3.68. The minimum Gasteiger partial charge on any atom is -0.383 e. The Labute approximate surface area is 101 Å². The van der Waals surface area contributed by atoms with Gasteiger partial charge in [-0.1, -0.05) is 27.7 Å².